The summed E-state index contributed by atoms with van der Waals surface area (Å²) in [6.45, 7) is 5.86. The third kappa shape index (κ3) is 2.23. The molecule has 0 amide bonds. The second-order valence-electron chi connectivity index (χ2n) is 6.06. The molecular weight excluding hydrogens is 228 g/mol. The molecule has 0 heterocycles. The van der Waals surface area contributed by atoms with E-state index in [9.17, 15) is 14.7 Å². The van der Waals surface area contributed by atoms with Crippen molar-refractivity contribution in [3.05, 3.63) is 11.6 Å². The predicted molar refractivity (Wildman–Crippen MR) is 69.0 cm³/mol. The molecule has 0 radical (unpaired) electrons. The molecule has 2 aliphatic carbocycles. The SMILES string of the molecule is CC1=C[C@H]2[C@@H](CC1=O)[C@H](C)CC[C@H]2C(C)C(=O)O. The van der Waals surface area contributed by atoms with Crippen molar-refractivity contribution >= 4 is 11.8 Å². The number of carbonyl (C=O) groups is 2. The minimum absolute atomic E-state index is 0.187. The van der Waals surface area contributed by atoms with Crippen molar-refractivity contribution in [2.45, 2.75) is 40.0 Å². The van der Waals surface area contributed by atoms with Crippen LogP contribution < -0.4 is 0 Å². The Morgan fingerprint density at radius 3 is 2.72 bits per heavy atom. The van der Waals surface area contributed by atoms with Gasteiger partial charge in [-0.2, -0.15) is 0 Å². The molecule has 0 aliphatic heterocycles. The fourth-order valence-corrected chi connectivity index (χ4v) is 3.67. The van der Waals surface area contributed by atoms with Crippen molar-refractivity contribution in [3.63, 3.8) is 0 Å². The Morgan fingerprint density at radius 2 is 2.11 bits per heavy atom. The third-order valence-corrected chi connectivity index (χ3v) is 5.01. The Balaban J connectivity index is 2.29. The molecule has 0 saturated heterocycles. The Morgan fingerprint density at radius 1 is 1.44 bits per heavy atom. The van der Waals surface area contributed by atoms with Gasteiger partial charge in [-0.3, -0.25) is 9.59 Å². The Bertz CT molecular complexity index is 397. The van der Waals surface area contributed by atoms with E-state index in [4.69, 9.17) is 0 Å². The van der Waals surface area contributed by atoms with Gasteiger partial charge in [0.1, 0.15) is 0 Å². The molecule has 0 aromatic heterocycles. The minimum atomic E-state index is -0.712. The van der Waals surface area contributed by atoms with E-state index in [0.717, 1.165) is 18.4 Å². The topological polar surface area (TPSA) is 54.4 Å². The highest BCUT2D eigenvalue weighted by atomic mass is 16.4. The molecule has 0 spiro atoms. The maximum absolute atomic E-state index is 11.8. The molecular formula is C15H22O3. The molecule has 18 heavy (non-hydrogen) atoms. The highest BCUT2D eigenvalue weighted by molar-refractivity contribution is 5.95. The fraction of sp³-hybridized carbons (Fsp3) is 0.733. The summed E-state index contributed by atoms with van der Waals surface area (Å²) >= 11 is 0. The number of hydrogen-bond donors (Lipinski definition) is 1. The van der Waals surface area contributed by atoms with Crippen LogP contribution in [0.3, 0.4) is 0 Å². The highest BCUT2D eigenvalue weighted by Gasteiger charge is 2.43. The van der Waals surface area contributed by atoms with Crippen LogP contribution in [0.25, 0.3) is 0 Å². The number of aliphatic carboxylic acids is 1. The number of carboxylic acid groups (broad SMARTS) is 1. The van der Waals surface area contributed by atoms with Crippen LogP contribution in [0.2, 0.25) is 0 Å². The minimum Gasteiger partial charge on any atom is -0.481 e. The Kier molecular flexibility index (Phi) is 3.60. The van der Waals surface area contributed by atoms with E-state index in [2.05, 4.69) is 13.0 Å². The standard InChI is InChI=1S/C15H22O3/c1-8-4-5-11(10(3)15(17)18)13-6-9(2)14(16)7-12(8)13/h6,8,10-13H,4-5,7H2,1-3H3,(H,17,18)/t8-,10?,11+,12+,13-/m1/s1. The van der Waals surface area contributed by atoms with Gasteiger partial charge in [0.25, 0.3) is 0 Å². The van der Waals surface area contributed by atoms with Crippen LogP contribution in [0.1, 0.15) is 40.0 Å². The zero-order valence-corrected chi connectivity index (χ0v) is 11.3. The fourth-order valence-electron chi connectivity index (χ4n) is 3.67. The van der Waals surface area contributed by atoms with E-state index in [1.54, 1.807) is 6.92 Å². The molecule has 3 heteroatoms. The number of rotatable bonds is 2. The van der Waals surface area contributed by atoms with Gasteiger partial charge in [-0.1, -0.05) is 26.3 Å². The summed E-state index contributed by atoms with van der Waals surface area (Å²) in [6.07, 6.45) is 4.67. The van der Waals surface area contributed by atoms with Gasteiger partial charge in [-0.25, -0.2) is 0 Å². The lowest BCUT2D eigenvalue weighted by Gasteiger charge is -2.44. The summed E-state index contributed by atoms with van der Waals surface area (Å²) in [5.41, 5.74) is 0.827. The first-order chi connectivity index (χ1) is 8.41. The van der Waals surface area contributed by atoms with Gasteiger partial charge >= 0.3 is 5.97 Å². The van der Waals surface area contributed by atoms with Gasteiger partial charge in [0, 0.05) is 6.42 Å². The van der Waals surface area contributed by atoms with Gasteiger partial charge in [0.15, 0.2) is 5.78 Å². The van der Waals surface area contributed by atoms with Gasteiger partial charge in [0.05, 0.1) is 5.92 Å². The number of Topliss-reactive ketones (excluding diaryl/α,β-unsaturated/α-hetero) is 1. The lowest BCUT2D eigenvalue weighted by Crippen LogP contribution is -2.41. The Hall–Kier alpha value is -1.12. The molecule has 5 atom stereocenters. The molecule has 100 valence electrons. The van der Waals surface area contributed by atoms with Crippen molar-refractivity contribution < 1.29 is 14.7 Å². The highest BCUT2D eigenvalue weighted by Crippen LogP contribution is 2.47. The molecule has 3 nitrogen and oxygen atoms in total. The molecule has 1 fully saturated rings. The number of allylic oxidation sites excluding steroid dienone is 2. The normalized spacial score (nSPS) is 37.7. The van der Waals surface area contributed by atoms with E-state index < -0.39 is 5.97 Å². The van der Waals surface area contributed by atoms with Crippen molar-refractivity contribution in [1.29, 1.82) is 0 Å². The van der Waals surface area contributed by atoms with Crippen molar-refractivity contribution in [2.75, 3.05) is 0 Å². The smallest absolute Gasteiger partial charge is 0.306 e. The first-order valence-electron chi connectivity index (χ1n) is 6.86. The van der Waals surface area contributed by atoms with Crippen molar-refractivity contribution in [1.82, 2.24) is 0 Å². The van der Waals surface area contributed by atoms with Crippen LogP contribution in [0, 0.1) is 29.6 Å². The summed E-state index contributed by atoms with van der Waals surface area (Å²) in [5, 5.41) is 9.22. The van der Waals surface area contributed by atoms with E-state index in [0.29, 0.717) is 18.3 Å². The average Bonchev–Trinajstić information content (AvgIpc) is 2.31. The largest absolute Gasteiger partial charge is 0.481 e. The lowest BCUT2D eigenvalue weighted by molar-refractivity contribution is -0.144. The van der Waals surface area contributed by atoms with Crippen molar-refractivity contribution in [2.24, 2.45) is 29.6 Å². The summed E-state index contributed by atoms with van der Waals surface area (Å²) < 4.78 is 0. The monoisotopic (exact) mass is 250 g/mol. The number of fused-ring (bicyclic) bond motifs is 1. The molecule has 2 rings (SSSR count). The first kappa shape index (κ1) is 13.3. The third-order valence-electron chi connectivity index (χ3n) is 5.01. The van der Waals surface area contributed by atoms with Crippen LogP contribution in [0.5, 0.6) is 0 Å². The van der Waals surface area contributed by atoms with Crippen LogP contribution in [0.4, 0.5) is 0 Å². The molecule has 0 aromatic rings. The Labute approximate surface area is 108 Å². The van der Waals surface area contributed by atoms with Gasteiger partial charge < -0.3 is 5.11 Å². The van der Waals surface area contributed by atoms with E-state index in [-0.39, 0.29) is 23.5 Å². The molecule has 1 saturated carbocycles. The van der Waals surface area contributed by atoms with E-state index in [1.807, 2.05) is 6.92 Å². The summed E-state index contributed by atoms with van der Waals surface area (Å²) in [6, 6.07) is 0. The van der Waals surface area contributed by atoms with E-state index in [1.165, 1.54) is 0 Å². The van der Waals surface area contributed by atoms with Gasteiger partial charge in [-0.05, 0) is 42.6 Å². The summed E-state index contributed by atoms with van der Waals surface area (Å²) in [5.74, 6) is 0.553. The van der Waals surface area contributed by atoms with Crippen molar-refractivity contribution in [3.8, 4) is 0 Å². The van der Waals surface area contributed by atoms with Gasteiger partial charge in [0.2, 0.25) is 0 Å². The quantitative estimate of drug-likeness (QED) is 0.819. The molecule has 0 bridgehead atoms. The number of hydrogen-bond acceptors (Lipinski definition) is 2. The van der Waals surface area contributed by atoms with Crippen LogP contribution in [-0.4, -0.2) is 16.9 Å². The molecule has 2 aliphatic rings. The zero-order chi connectivity index (χ0) is 13.4. The number of ketones is 1. The van der Waals surface area contributed by atoms with Crippen LogP contribution >= 0.6 is 0 Å². The maximum atomic E-state index is 11.8. The molecule has 1 unspecified atom stereocenters. The second kappa shape index (κ2) is 4.87. The number of carbonyl (C=O) groups excluding carboxylic acids is 1. The average molecular weight is 250 g/mol. The first-order valence-corrected chi connectivity index (χ1v) is 6.86. The van der Waals surface area contributed by atoms with E-state index >= 15 is 0 Å². The predicted octanol–water partition coefficient (Wildman–Crippen LogP) is 2.90. The second-order valence-corrected chi connectivity index (χ2v) is 6.06. The number of carboxylic acids is 1. The lowest BCUT2D eigenvalue weighted by atomic mass is 9.60. The molecule has 0 aromatic carbocycles. The summed E-state index contributed by atoms with van der Waals surface area (Å²) in [4.78, 5) is 23.0. The van der Waals surface area contributed by atoms with Crippen LogP contribution in [0.15, 0.2) is 11.6 Å². The molecule has 1 N–H and O–H groups in total. The maximum Gasteiger partial charge on any atom is 0.306 e. The zero-order valence-electron chi connectivity index (χ0n) is 11.3. The van der Waals surface area contributed by atoms with Gasteiger partial charge in [-0.15, -0.1) is 0 Å². The van der Waals surface area contributed by atoms with Crippen LogP contribution in [-0.2, 0) is 9.59 Å². The summed E-state index contributed by atoms with van der Waals surface area (Å²) in [7, 11) is 0.